The maximum atomic E-state index is 11.6. The summed E-state index contributed by atoms with van der Waals surface area (Å²) in [6.07, 6.45) is -0.786. The SMILES string of the molecule is NCc1nc(CC(=O)NC(CC(=O)O)C(=O)O)cs1. The van der Waals surface area contributed by atoms with Gasteiger partial charge in [0.1, 0.15) is 11.0 Å². The number of aromatic nitrogens is 1. The van der Waals surface area contributed by atoms with Gasteiger partial charge in [-0.25, -0.2) is 9.78 Å². The molecule has 1 aromatic heterocycles. The average molecular weight is 287 g/mol. The van der Waals surface area contributed by atoms with Crippen molar-refractivity contribution in [3.05, 3.63) is 16.1 Å². The second kappa shape index (κ2) is 6.81. The molecule has 1 heterocycles. The zero-order valence-electron chi connectivity index (χ0n) is 9.83. The highest BCUT2D eigenvalue weighted by atomic mass is 32.1. The maximum absolute atomic E-state index is 11.6. The van der Waals surface area contributed by atoms with Crippen LogP contribution >= 0.6 is 11.3 Å². The number of nitrogens with one attached hydrogen (secondary N) is 1. The van der Waals surface area contributed by atoms with Crippen molar-refractivity contribution in [3.63, 3.8) is 0 Å². The summed E-state index contributed by atoms with van der Waals surface area (Å²) in [4.78, 5) is 36.8. The number of hydrogen-bond acceptors (Lipinski definition) is 6. The zero-order valence-corrected chi connectivity index (χ0v) is 10.6. The number of aliphatic carboxylic acids is 2. The summed E-state index contributed by atoms with van der Waals surface area (Å²) in [5, 5.41) is 21.8. The fraction of sp³-hybridized carbons (Fsp3) is 0.400. The van der Waals surface area contributed by atoms with E-state index >= 15 is 0 Å². The van der Waals surface area contributed by atoms with Crippen LogP contribution in [0, 0.1) is 0 Å². The van der Waals surface area contributed by atoms with Crippen LogP contribution in [0.5, 0.6) is 0 Å². The molecular formula is C10H13N3O5S. The van der Waals surface area contributed by atoms with Crippen LogP contribution in [0.25, 0.3) is 0 Å². The Morgan fingerprint density at radius 2 is 2.11 bits per heavy atom. The van der Waals surface area contributed by atoms with Crippen LogP contribution in [0.4, 0.5) is 0 Å². The van der Waals surface area contributed by atoms with Gasteiger partial charge in [-0.1, -0.05) is 0 Å². The number of nitrogens with zero attached hydrogens (tertiary/aromatic N) is 1. The number of nitrogens with two attached hydrogens (primary N) is 1. The van der Waals surface area contributed by atoms with E-state index in [2.05, 4.69) is 10.3 Å². The molecule has 0 radical (unpaired) electrons. The summed E-state index contributed by atoms with van der Waals surface area (Å²) in [7, 11) is 0. The molecule has 0 bridgehead atoms. The number of carbonyl (C=O) groups is 3. The van der Waals surface area contributed by atoms with Crippen LogP contribution in [0.1, 0.15) is 17.1 Å². The molecule has 0 aliphatic heterocycles. The third kappa shape index (κ3) is 5.02. The summed E-state index contributed by atoms with van der Waals surface area (Å²) >= 11 is 1.30. The molecule has 0 saturated heterocycles. The standard InChI is InChI=1S/C10H13N3O5S/c11-3-8-12-5(4-19-8)1-7(14)13-6(10(17)18)2-9(15)16/h4,6H,1-3,11H2,(H,13,14)(H,15,16)(H,17,18). The Bertz CT molecular complexity index is 487. The van der Waals surface area contributed by atoms with Gasteiger partial charge in [-0.2, -0.15) is 0 Å². The zero-order chi connectivity index (χ0) is 14.4. The molecule has 0 aliphatic rings. The summed E-state index contributed by atoms with van der Waals surface area (Å²) in [6, 6.07) is -1.45. The van der Waals surface area contributed by atoms with Crippen molar-refractivity contribution in [2.45, 2.75) is 25.4 Å². The molecule has 0 aliphatic carbocycles. The smallest absolute Gasteiger partial charge is 0.326 e. The Balaban J connectivity index is 2.57. The van der Waals surface area contributed by atoms with Crippen LogP contribution in [-0.2, 0) is 27.3 Å². The highest BCUT2D eigenvalue weighted by molar-refractivity contribution is 7.09. The van der Waals surface area contributed by atoms with Gasteiger partial charge in [-0.05, 0) is 0 Å². The predicted octanol–water partition coefficient (Wildman–Crippen LogP) is -0.812. The van der Waals surface area contributed by atoms with E-state index in [0.717, 1.165) is 0 Å². The van der Waals surface area contributed by atoms with Crippen molar-refractivity contribution < 1.29 is 24.6 Å². The molecule has 1 rings (SSSR count). The van der Waals surface area contributed by atoms with Gasteiger partial charge < -0.3 is 21.3 Å². The van der Waals surface area contributed by atoms with Crippen LogP contribution in [0.3, 0.4) is 0 Å². The Labute approximate surface area is 112 Å². The molecule has 104 valence electrons. The van der Waals surface area contributed by atoms with Gasteiger partial charge in [0.15, 0.2) is 0 Å². The molecule has 1 atom stereocenters. The lowest BCUT2D eigenvalue weighted by Crippen LogP contribution is -2.42. The van der Waals surface area contributed by atoms with E-state index in [-0.39, 0.29) is 13.0 Å². The van der Waals surface area contributed by atoms with Gasteiger partial charge in [0.05, 0.1) is 18.5 Å². The molecule has 19 heavy (non-hydrogen) atoms. The number of rotatable bonds is 7. The van der Waals surface area contributed by atoms with E-state index < -0.39 is 30.3 Å². The minimum Gasteiger partial charge on any atom is -0.481 e. The molecule has 9 heteroatoms. The van der Waals surface area contributed by atoms with Crippen molar-refractivity contribution in [1.29, 1.82) is 0 Å². The number of carboxylic acids is 2. The summed E-state index contributed by atoms with van der Waals surface area (Å²) in [5.74, 6) is -3.29. The van der Waals surface area contributed by atoms with Gasteiger partial charge in [0, 0.05) is 11.9 Å². The van der Waals surface area contributed by atoms with Gasteiger partial charge >= 0.3 is 11.9 Å². The van der Waals surface area contributed by atoms with Crippen molar-refractivity contribution in [1.82, 2.24) is 10.3 Å². The maximum Gasteiger partial charge on any atom is 0.326 e. The molecule has 0 aromatic carbocycles. The second-order valence-corrected chi connectivity index (χ2v) is 4.61. The fourth-order valence-corrected chi connectivity index (χ4v) is 1.98. The van der Waals surface area contributed by atoms with E-state index in [1.165, 1.54) is 11.3 Å². The van der Waals surface area contributed by atoms with E-state index in [1.807, 2.05) is 0 Å². The molecule has 1 aromatic rings. The number of carboxylic acid groups (broad SMARTS) is 2. The molecule has 8 nitrogen and oxygen atoms in total. The predicted molar refractivity (Wildman–Crippen MR) is 65.5 cm³/mol. The molecular weight excluding hydrogens is 274 g/mol. The Kier molecular flexibility index (Phi) is 5.39. The van der Waals surface area contributed by atoms with Crippen molar-refractivity contribution in [3.8, 4) is 0 Å². The quantitative estimate of drug-likeness (QED) is 0.513. The lowest BCUT2D eigenvalue weighted by Gasteiger charge is -2.11. The van der Waals surface area contributed by atoms with Gasteiger partial charge in [0.2, 0.25) is 5.91 Å². The lowest BCUT2D eigenvalue weighted by molar-refractivity contribution is -0.147. The van der Waals surface area contributed by atoms with Gasteiger partial charge in [-0.3, -0.25) is 9.59 Å². The first-order valence-electron chi connectivity index (χ1n) is 5.29. The Morgan fingerprint density at radius 1 is 1.42 bits per heavy atom. The summed E-state index contributed by atoms with van der Waals surface area (Å²) in [5.41, 5.74) is 5.85. The molecule has 1 amide bonds. The first-order chi connectivity index (χ1) is 8.92. The average Bonchev–Trinajstić information content (AvgIpc) is 2.75. The highest BCUT2D eigenvalue weighted by Crippen LogP contribution is 2.09. The third-order valence-electron chi connectivity index (χ3n) is 2.13. The number of thiazole rings is 1. The van der Waals surface area contributed by atoms with Crippen molar-refractivity contribution >= 4 is 29.2 Å². The lowest BCUT2D eigenvalue weighted by atomic mass is 10.2. The van der Waals surface area contributed by atoms with E-state index in [4.69, 9.17) is 15.9 Å². The van der Waals surface area contributed by atoms with E-state index in [9.17, 15) is 14.4 Å². The van der Waals surface area contributed by atoms with Crippen LogP contribution in [0.15, 0.2) is 5.38 Å². The molecule has 0 fully saturated rings. The van der Waals surface area contributed by atoms with E-state index in [0.29, 0.717) is 10.7 Å². The van der Waals surface area contributed by atoms with Gasteiger partial charge in [-0.15, -0.1) is 11.3 Å². The van der Waals surface area contributed by atoms with Crippen molar-refractivity contribution in [2.24, 2.45) is 5.73 Å². The number of carbonyl (C=O) groups excluding carboxylic acids is 1. The number of amides is 1. The largest absolute Gasteiger partial charge is 0.481 e. The topological polar surface area (TPSA) is 143 Å². The van der Waals surface area contributed by atoms with Crippen LogP contribution < -0.4 is 11.1 Å². The van der Waals surface area contributed by atoms with Crippen LogP contribution in [0.2, 0.25) is 0 Å². The molecule has 1 unspecified atom stereocenters. The third-order valence-corrected chi connectivity index (χ3v) is 3.05. The van der Waals surface area contributed by atoms with Crippen molar-refractivity contribution in [2.75, 3.05) is 0 Å². The van der Waals surface area contributed by atoms with E-state index in [1.54, 1.807) is 5.38 Å². The minimum absolute atomic E-state index is 0.111. The minimum atomic E-state index is -1.45. The molecule has 0 spiro atoms. The van der Waals surface area contributed by atoms with Gasteiger partial charge in [0.25, 0.3) is 0 Å². The first kappa shape index (κ1) is 15.1. The monoisotopic (exact) mass is 287 g/mol. The summed E-state index contributed by atoms with van der Waals surface area (Å²) in [6.45, 7) is 0.267. The Hall–Kier alpha value is -2.00. The first-order valence-corrected chi connectivity index (χ1v) is 6.17. The molecule has 5 N–H and O–H groups in total. The normalized spacial score (nSPS) is 11.8. The Morgan fingerprint density at radius 3 is 2.58 bits per heavy atom. The fourth-order valence-electron chi connectivity index (χ4n) is 1.31. The summed E-state index contributed by atoms with van der Waals surface area (Å²) < 4.78 is 0. The van der Waals surface area contributed by atoms with Crippen LogP contribution in [-0.4, -0.2) is 39.1 Å². The number of hydrogen-bond donors (Lipinski definition) is 4. The highest BCUT2D eigenvalue weighted by Gasteiger charge is 2.23. The molecule has 0 saturated carbocycles. The second-order valence-electron chi connectivity index (χ2n) is 3.67.